The largest absolute Gasteiger partial charge is 0.295 e. The van der Waals surface area contributed by atoms with E-state index in [2.05, 4.69) is 10.5 Å². The molecule has 0 fully saturated rings. The molecule has 2 aromatic rings. The van der Waals surface area contributed by atoms with Crippen LogP contribution in [-0.4, -0.2) is 19.6 Å². The molecule has 0 saturated heterocycles. The van der Waals surface area contributed by atoms with E-state index in [0.717, 1.165) is 12.1 Å². The number of nitrogens with one attached hydrogen (secondary N) is 1. The summed E-state index contributed by atoms with van der Waals surface area (Å²) in [5.41, 5.74) is 2.32. The van der Waals surface area contributed by atoms with Gasteiger partial charge >= 0.3 is 0 Å². The van der Waals surface area contributed by atoms with Crippen LogP contribution >= 0.6 is 0 Å². The Kier molecular flexibility index (Phi) is 4.67. The number of primary sulfonamides is 1. The average molecular weight is 338 g/mol. The summed E-state index contributed by atoms with van der Waals surface area (Å²) in [6.45, 7) is 0. The van der Waals surface area contributed by atoms with Crippen molar-refractivity contribution in [2.45, 2.75) is 4.90 Å². The minimum atomic E-state index is -4.06. The summed E-state index contributed by atoms with van der Waals surface area (Å²) < 4.78 is 35.4. The molecule has 120 valence electrons. The van der Waals surface area contributed by atoms with Crippen molar-refractivity contribution in [3.05, 3.63) is 64.0 Å². The molecule has 2 aromatic carbocycles. The van der Waals surface area contributed by atoms with E-state index in [-0.39, 0.29) is 10.6 Å². The lowest BCUT2D eigenvalue weighted by Crippen LogP contribution is -2.12. The van der Waals surface area contributed by atoms with Gasteiger partial charge in [-0.2, -0.15) is 5.10 Å². The van der Waals surface area contributed by atoms with E-state index in [1.165, 1.54) is 30.5 Å². The van der Waals surface area contributed by atoms with Crippen molar-refractivity contribution in [3.63, 3.8) is 0 Å². The monoisotopic (exact) mass is 338 g/mol. The van der Waals surface area contributed by atoms with Gasteiger partial charge in [0.05, 0.1) is 16.0 Å². The van der Waals surface area contributed by atoms with Crippen LogP contribution in [0.25, 0.3) is 0 Å². The molecule has 0 unspecified atom stereocenters. The smallest absolute Gasteiger partial charge is 0.272 e. The van der Waals surface area contributed by atoms with Crippen molar-refractivity contribution < 1.29 is 17.7 Å². The van der Waals surface area contributed by atoms with Gasteiger partial charge < -0.3 is 0 Å². The molecule has 0 aromatic heterocycles. The molecule has 8 nitrogen and oxygen atoms in total. The third-order valence-electron chi connectivity index (χ3n) is 2.74. The average Bonchev–Trinajstić information content (AvgIpc) is 2.46. The number of hydrazone groups is 1. The Bertz CT molecular complexity index is 883. The standard InChI is InChI=1S/C13H11FN4O4S/c14-10-3-1-2-9(6-10)8-16-17-12-5-4-11(23(15,21)22)7-13(12)18(19)20/h1-8,17H,(H2,15,21,22). The van der Waals surface area contributed by atoms with Crippen molar-refractivity contribution in [2.75, 3.05) is 5.43 Å². The third-order valence-corrected chi connectivity index (χ3v) is 3.65. The molecule has 0 aliphatic rings. The lowest BCUT2D eigenvalue weighted by molar-refractivity contribution is -0.384. The summed E-state index contributed by atoms with van der Waals surface area (Å²) in [7, 11) is -4.06. The van der Waals surface area contributed by atoms with Crippen LogP contribution in [0.3, 0.4) is 0 Å². The zero-order valence-corrected chi connectivity index (χ0v) is 12.3. The maximum absolute atomic E-state index is 13.0. The maximum atomic E-state index is 13.0. The van der Waals surface area contributed by atoms with Crippen LogP contribution in [-0.2, 0) is 10.0 Å². The molecule has 0 amide bonds. The van der Waals surface area contributed by atoms with E-state index in [9.17, 15) is 22.9 Å². The SMILES string of the molecule is NS(=O)(=O)c1ccc(NN=Cc2cccc(F)c2)c([N+](=O)[O-])c1. The van der Waals surface area contributed by atoms with Gasteiger partial charge in [0.1, 0.15) is 11.5 Å². The van der Waals surface area contributed by atoms with Crippen molar-refractivity contribution >= 4 is 27.6 Å². The zero-order valence-electron chi connectivity index (χ0n) is 11.5. The Morgan fingerprint density at radius 1 is 1.26 bits per heavy atom. The fourth-order valence-corrected chi connectivity index (χ4v) is 2.23. The molecule has 0 aliphatic heterocycles. The van der Waals surface area contributed by atoms with Crippen molar-refractivity contribution in [2.24, 2.45) is 10.2 Å². The second kappa shape index (κ2) is 6.50. The number of nitro groups is 1. The highest BCUT2D eigenvalue weighted by Gasteiger charge is 2.18. The van der Waals surface area contributed by atoms with E-state index in [1.807, 2.05) is 0 Å². The number of hydrogen-bond donors (Lipinski definition) is 2. The molecule has 0 aliphatic carbocycles. The van der Waals surface area contributed by atoms with Gasteiger partial charge in [-0.15, -0.1) is 0 Å². The molecular weight excluding hydrogens is 327 g/mol. The van der Waals surface area contributed by atoms with E-state index < -0.39 is 26.5 Å². The Labute approximate surface area is 130 Å². The normalized spacial score (nSPS) is 11.6. The molecule has 0 saturated carbocycles. The van der Waals surface area contributed by atoms with Crippen LogP contribution in [0.1, 0.15) is 5.56 Å². The molecule has 23 heavy (non-hydrogen) atoms. The second-order valence-electron chi connectivity index (χ2n) is 4.41. The van der Waals surface area contributed by atoms with Gasteiger partial charge in [0, 0.05) is 6.07 Å². The van der Waals surface area contributed by atoms with Crippen LogP contribution in [0.5, 0.6) is 0 Å². The summed E-state index contributed by atoms with van der Waals surface area (Å²) >= 11 is 0. The van der Waals surface area contributed by atoms with E-state index in [1.54, 1.807) is 6.07 Å². The third kappa shape index (κ3) is 4.31. The highest BCUT2D eigenvalue weighted by molar-refractivity contribution is 7.89. The summed E-state index contributed by atoms with van der Waals surface area (Å²) in [4.78, 5) is 9.85. The molecule has 2 rings (SSSR count). The first-order valence-corrected chi connectivity index (χ1v) is 7.68. The van der Waals surface area contributed by atoms with Crippen LogP contribution in [0.4, 0.5) is 15.8 Å². The molecule has 0 spiro atoms. The lowest BCUT2D eigenvalue weighted by Gasteiger charge is -2.04. The van der Waals surface area contributed by atoms with Crippen molar-refractivity contribution in [3.8, 4) is 0 Å². The Balaban J connectivity index is 2.27. The topological polar surface area (TPSA) is 128 Å². The lowest BCUT2D eigenvalue weighted by atomic mass is 10.2. The zero-order chi connectivity index (χ0) is 17.0. The van der Waals surface area contributed by atoms with Gasteiger partial charge in [-0.1, -0.05) is 12.1 Å². The molecule has 0 atom stereocenters. The fourth-order valence-electron chi connectivity index (χ4n) is 1.70. The molecular formula is C13H11FN4O4S. The van der Waals surface area contributed by atoms with Gasteiger partial charge in [0.25, 0.3) is 5.69 Å². The first-order valence-electron chi connectivity index (χ1n) is 6.13. The highest BCUT2D eigenvalue weighted by atomic mass is 32.2. The van der Waals surface area contributed by atoms with E-state index >= 15 is 0 Å². The van der Waals surface area contributed by atoms with Crippen LogP contribution in [0.2, 0.25) is 0 Å². The molecule has 3 N–H and O–H groups in total. The predicted octanol–water partition coefficient (Wildman–Crippen LogP) is 1.83. The number of sulfonamides is 1. The van der Waals surface area contributed by atoms with Gasteiger partial charge in [-0.3, -0.25) is 15.5 Å². The number of anilines is 1. The second-order valence-corrected chi connectivity index (χ2v) is 5.97. The van der Waals surface area contributed by atoms with Crippen LogP contribution in [0.15, 0.2) is 52.5 Å². The number of nitrogens with two attached hydrogens (primary N) is 1. The number of hydrogen-bond acceptors (Lipinski definition) is 6. The maximum Gasteiger partial charge on any atom is 0.295 e. The summed E-state index contributed by atoms with van der Waals surface area (Å²) in [5.74, 6) is -0.447. The van der Waals surface area contributed by atoms with Crippen LogP contribution in [0, 0.1) is 15.9 Å². The molecule has 0 bridgehead atoms. The van der Waals surface area contributed by atoms with E-state index in [4.69, 9.17) is 5.14 Å². The van der Waals surface area contributed by atoms with Gasteiger partial charge in [-0.05, 0) is 29.8 Å². The van der Waals surface area contributed by atoms with Gasteiger partial charge in [0.15, 0.2) is 0 Å². The first-order chi connectivity index (χ1) is 10.8. The molecule has 0 heterocycles. The number of nitro benzene ring substituents is 1. The minimum Gasteiger partial charge on any atom is -0.272 e. The number of rotatable bonds is 5. The predicted molar refractivity (Wildman–Crippen MR) is 82.1 cm³/mol. The number of halogens is 1. The Morgan fingerprint density at radius 2 is 2.00 bits per heavy atom. The fraction of sp³-hybridized carbons (Fsp3) is 0. The Hall–Kier alpha value is -2.85. The quantitative estimate of drug-likeness (QED) is 0.488. The van der Waals surface area contributed by atoms with Gasteiger partial charge in [-0.25, -0.2) is 17.9 Å². The minimum absolute atomic E-state index is 0.0324. The van der Waals surface area contributed by atoms with Crippen molar-refractivity contribution in [1.29, 1.82) is 0 Å². The first kappa shape index (κ1) is 16.5. The summed E-state index contributed by atoms with van der Waals surface area (Å²) in [6.07, 6.45) is 1.26. The number of benzene rings is 2. The Morgan fingerprint density at radius 3 is 2.61 bits per heavy atom. The van der Waals surface area contributed by atoms with Crippen LogP contribution < -0.4 is 10.6 Å². The molecule has 0 radical (unpaired) electrons. The summed E-state index contributed by atoms with van der Waals surface area (Å²) in [5, 5.41) is 19.7. The highest BCUT2D eigenvalue weighted by Crippen LogP contribution is 2.27. The van der Waals surface area contributed by atoms with Crippen molar-refractivity contribution in [1.82, 2.24) is 0 Å². The summed E-state index contributed by atoms with van der Waals surface area (Å²) in [6, 6.07) is 8.68. The van der Waals surface area contributed by atoms with Gasteiger partial charge in [0.2, 0.25) is 10.0 Å². The molecule has 10 heteroatoms. The van der Waals surface area contributed by atoms with E-state index in [0.29, 0.717) is 5.56 Å². The number of nitrogens with zero attached hydrogens (tertiary/aromatic N) is 2.